The van der Waals surface area contributed by atoms with Crippen molar-refractivity contribution in [1.82, 2.24) is 5.32 Å². The molecule has 0 saturated heterocycles. The lowest BCUT2D eigenvalue weighted by molar-refractivity contribution is 0.576. The molecule has 0 fully saturated rings. The molecule has 3 nitrogen and oxygen atoms in total. The van der Waals surface area contributed by atoms with Crippen LogP contribution in [0.25, 0.3) is 16.5 Å². The molecular formula is C27H21F2N3. The van der Waals surface area contributed by atoms with Gasteiger partial charge in [-0.05, 0) is 41.5 Å². The molecule has 1 heterocycles. The minimum Gasteiger partial charge on any atom is -0.359 e. The minimum atomic E-state index is -0.646. The zero-order valence-electron chi connectivity index (χ0n) is 17.5. The molecule has 0 saturated carbocycles. The van der Waals surface area contributed by atoms with Crippen molar-refractivity contribution in [2.24, 2.45) is 4.99 Å². The van der Waals surface area contributed by atoms with Crippen LogP contribution in [0.15, 0.2) is 90.4 Å². The van der Waals surface area contributed by atoms with Crippen molar-refractivity contribution < 1.29 is 8.78 Å². The summed E-state index contributed by atoms with van der Waals surface area (Å²) in [5, 5.41) is 8.96. The lowest BCUT2D eigenvalue weighted by atomic mass is 10.00. The highest BCUT2D eigenvalue weighted by Crippen LogP contribution is 2.33. The molecule has 0 aromatic heterocycles. The molecule has 2 N–H and O–H groups in total. The number of para-hydroxylation sites is 1. The maximum absolute atomic E-state index is 14.1. The molecule has 0 bridgehead atoms. The Hall–Kier alpha value is -3.99. The third-order valence-corrected chi connectivity index (χ3v) is 5.75. The topological polar surface area (TPSA) is 36.4 Å². The van der Waals surface area contributed by atoms with Gasteiger partial charge < -0.3 is 10.6 Å². The summed E-state index contributed by atoms with van der Waals surface area (Å²) in [5.41, 5.74) is 3.90. The summed E-state index contributed by atoms with van der Waals surface area (Å²) in [6.45, 7) is 5.64. The van der Waals surface area contributed by atoms with Crippen molar-refractivity contribution in [2.45, 2.75) is 13.1 Å². The Bertz CT molecular complexity index is 1390. The SMILES string of the molecule is C=C(NC1=NC(c2cccc3ccccc23)Nc2ccccc21)c1cc(F)cc(F)c1C. The van der Waals surface area contributed by atoms with E-state index in [0.29, 0.717) is 22.7 Å². The molecule has 1 aliphatic rings. The second-order valence-corrected chi connectivity index (χ2v) is 7.80. The monoisotopic (exact) mass is 425 g/mol. The summed E-state index contributed by atoms with van der Waals surface area (Å²) in [5.74, 6) is -0.664. The Balaban J connectivity index is 1.58. The zero-order valence-corrected chi connectivity index (χ0v) is 17.5. The van der Waals surface area contributed by atoms with Crippen molar-refractivity contribution in [3.05, 3.63) is 119 Å². The molecule has 5 rings (SSSR count). The second-order valence-electron chi connectivity index (χ2n) is 7.80. The summed E-state index contributed by atoms with van der Waals surface area (Å²) in [6.07, 6.45) is -0.336. The Labute approximate surface area is 185 Å². The van der Waals surface area contributed by atoms with Gasteiger partial charge in [0.15, 0.2) is 0 Å². The van der Waals surface area contributed by atoms with E-state index in [-0.39, 0.29) is 6.17 Å². The van der Waals surface area contributed by atoms with E-state index in [1.165, 1.54) is 6.07 Å². The van der Waals surface area contributed by atoms with E-state index in [4.69, 9.17) is 4.99 Å². The number of anilines is 1. The number of benzene rings is 4. The molecule has 5 heteroatoms. The first-order valence-corrected chi connectivity index (χ1v) is 10.3. The van der Waals surface area contributed by atoms with E-state index in [0.717, 1.165) is 33.7 Å². The molecule has 1 unspecified atom stereocenters. The summed E-state index contributed by atoms with van der Waals surface area (Å²) in [7, 11) is 0. The van der Waals surface area contributed by atoms with Crippen LogP contribution in [0.5, 0.6) is 0 Å². The molecule has 0 amide bonds. The van der Waals surface area contributed by atoms with E-state index in [1.54, 1.807) is 6.92 Å². The smallest absolute Gasteiger partial charge is 0.147 e. The van der Waals surface area contributed by atoms with Crippen LogP contribution in [-0.2, 0) is 0 Å². The summed E-state index contributed by atoms with van der Waals surface area (Å²) < 4.78 is 28.0. The Morgan fingerprint density at radius 1 is 0.969 bits per heavy atom. The molecule has 4 aromatic rings. The van der Waals surface area contributed by atoms with E-state index in [9.17, 15) is 8.78 Å². The van der Waals surface area contributed by atoms with Gasteiger partial charge in [0.25, 0.3) is 0 Å². The predicted octanol–water partition coefficient (Wildman–Crippen LogP) is 6.56. The van der Waals surface area contributed by atoms with Crippen LogP contribution in [0, 0.1) is 18.6 Å². The van der Waals surface area contributed by atoms with Gasteiger partial charge in [-0.1, -0.05) is 61.2 Å². The number of halogens is 2. The van der Waals surface area contributed by atoms with Crippen LogP contribution < -0.4 is 10.6 Å². The molecule has 32 heavy (non-hydrogen) atoms. The molecule has 0 spiro atoms. The quantitative estimate of drug-likeness (QED) is 0.390. The van der Waals surface area contributed by atoms with Gasteiger partial charge >= 0.3 is 0 Å². The molecule has 0 aliphatic carbocycles. The number of fused-ring (bicyclic) bond motifs is 2. The highest BCUT2D eigenvalue weighted by atomic mass is 19.1. The maximum Gasteiger partial charge on any atom is 0.147 e. The lowest BCUT2D eigenvalue weighted by Gasteiger charge is -2.28. The summed E-state index contributed by atoms with van der Waals surface area (Å²) >= 11 is 0. The predicted molar refractivity (Wildman–Crippen MR) is 127 cm³/mol. The number of aliphatic imine (C=N–C) groups is 1. The van der Waals surface area contributed by atoms with Crippen LogP contribution >= 0.6 is 0 Å². The summed E-state index contributed by atoms with van der Waals surface area (Å²) in [6, 6.07) is 24.3. The van der Waals surface area contributed by atoms with Gasteiger partial charge in [0, 0.05) is 34.1 Å². The van der Waals surface area contributed by atoms with Crippen molar-refractivity contribution in [3.8, 4) is 0 Å². The van der Waals surface area contributed by atoms with Crippen molar-refractivity contribution >= 4 is 28.0 Å². The van der Waals surface area contributed by atoms with Gasteiger partial charge in [0.05, 0.1) is 0 Å². The van der Waals surface area contributed by atoms with Gasteiger partial charge in [-0.2, -0.15) is 0 Å². The molecule has 0 radical (unpaired) electrons. The van der Waals surface area contributed by atoms with E-state index >= 15 is 0 Å². The second kappa shape index (κ2) is 7.93. The molecule has 1 atom stereocenters. The van der Waals surface area contributed by atoms with Crippen LogP contribution in [0.4, 0.5) is 14.5 Å². The Morgan fingerprint density at radius 3 is 2.59 bits per heavy atom. The van der Waals surface area contributed by atoms with Crippen molar-refractivity contribution in [1.29, 1.82) is 0 Å². The third-order valence-electron chi connectivity index (χ3n) is 5.75. The Morgan fingerprint density at radius 2 is 1.72 bits per heavy atom. The van der Waals surface area contributed by atoms with Crippen LogP contribution in [0.2, 0.25) is 0 Å². The largest absolute Gasteiger partial charge is 0.359 e. The van der Waals surface area contributed by atoms with Crippen LogP contribution in [0.3, 0.4) is 0 Å². The van der Waals surface area contributed by atoms with Crippen molar-refractivity contribution in [2.75, 3.05) is 5.32 Å². The number of rotatable bonds is 3. The maximum atomic E-state index is 14.1. The first kappa shape index (κ1) is 19.9. The van der Waals surface area contributed by atoms with Crippen LogP contribution in [-0.4, -0.2) is 5.84 Å². The fourth-order valence-electron chi connectivity index (χ4n) is 4.10. The fraction of sp³-hybridized carbons (Fsp3) is 0.0741. The minimum absolute atomic E-state index is 0.331. The van der Waals surface area contributed by atoms with Gasteiger partial charge in [-0.25, -0.2) is 13.8 Å². The summed E-state index contributed by atoms with van der Waals surface area (Å²) in [4.78, 5) is 4.93. The zero-order chi connectivity index (χ0) is 22.2. The van der Waals surface area contributed by atoms with Gasteiger partial charge in [-0.3, -0.25) is 0 Å². The first-order chi connectivity index (χ1) is 15.5. The highest BCUT2D eigenvalue weighted by Gasteiger charge is 2.23. The van der Waals surface area contributed by atoms with Crippen LogP contribution in [0.1, 0.15) is 28.4 Å². The average molecular weight is 425 g/mol. The van der Waals surface area contributed by atoms with Crippen molar-refractivity contribution in [3.63, 3.8) is 0 Å². The normalized spacial score (nSPS) is 15.0. The van der Waals surface area contributed by atoms with E-state index < -0.39 is 11.6 Å². The molecule has 4 aromatic carbocycles. The van der Waals surface area contributed by atoms with E-state index in [2.05, 4.69) is 41.5 Å². The lowest BCUT2D eigenvalue weighted by Crippen LogP contribution is -2.30. The molecule has 1 aliphatic heterocycles. The van der Waals surface area contributed by atoms with Gasteiger partial charge in [-0.15, -0.1) is 0 Å². The molecular weight excluding hydrogens is 404 g/mol. The number of nitrogens with zero attached hydrogens (tertiary/aromatic N) is 1. The molecule has 158 valence electrons. The highest BCUT2D eigenvalue weighted by molar-refractivity contribution is 6.08. The van der Waals surface area contributed by atoms with Gasteiger partial charge in [0.1, 0.15) is 23.6 Å². The number of hydrogen-bond donors (Lipinski definition) is 2. The third kappa shape index (κ3) is 3.52. The van der Waals surface area contributed by atoms with E-state index in [1.807, 2.05) is 42.5 Å². The number of amidine groups is 1. The number of nitrogens with one attached hydrogen (secondary N) is 2. The number of hydrogen-bond acceptors (Lipinski definition) is 3. The standard InChI is InChI=1S/C27H21F2N3/c1-16-23(14-19(28)15-24(16)29)17(2)30-27-22-11-5-6-13-25(22)31-26(32-27)21-12-7-9-18-8-3-4-10-20(18)21/h3-15,26,31H,2H2,1H3,(H,30,32). The van der Waals surface area contributed by atoms with Gasteiger partial charge in [0.2, 0.25) is 0 Å². The fourth-order valence-corrected chi connectivity index (χ4v) is 4.10. The Kier molecular flexibility index (Phi) is 4.94. The first-order valence-electron chi connectivity index (χ1n) is 10.3. The average Bonchev–Trinajstić information content (AvgIpc) is 2.81.